The molecule has 0 spiro atoms. The lowest BCUT2D eigenvalue weighted by Crippen LogP contribution is -1.78. The minimum atomic E-state index is 0.627. The molecule has 2 rings (SSSR count). The lowest BCUT2D eigenvalue weighted by molar-refractivity contribution is 1.14. The van der Waals surface area contributed by atoms with Gasteiger partial charge in [-0.25, -0.2) is 0 Å². The minimum absolute atomic E-state index is 0.627. The maximum Gasteiger partial charge on any atom is 0.00921 e. The maximum absolute atomic E-state index is 4.38. The summed E-state index contributed by atoms with van der Waals surface area (Å²) in [5, 5.41) is 0.627. The average Bonchev–Trinajstić information content (AvgIpc) is 2.69. The van der Waals surface area contributed by atoms with Crippen molar-refractivity contribution < 1.29 is 0 Å². The van der Waals surface area contributed by atoms with Gasteiger partial charge in [-0.1, -0.05) is 30.3 Å². The first-order chi connectivity index (χ1) is 4.88. The number of hydrogen-bond donors (Lipinski definition) is 1. The van der Waals surface area contributed by atoms with E-state index < -0.39 is 0 Å². The largest absolute Gasteiger partial charge is 0.175 e. The monoisotopic (exact) mass is 150 g/mol. The van der Waals surface area contributed by atoms with E-state index in [1.807, 2.05) is 0 Å². The van der Waals surface area contributed by atoms with Crippen molar-refractivity contribution in [1.82, 2.24) is 0 Å². The molecule has 0 aliphatic heterocycles. The SMILES string of the molecule is SC1CC1c1ccccc1. The lowest BCUT2D eigenvalue weighted by Gasteiger charge is -1.94. The van der Waals surface area contributed by atoms with E-state index in [1.54, 1.807) is 0 Å². The Bertz CT molecular complexity index is 217. The molecule has 0 heterocycles. The number of thiol groups is 1. The molecule has 0 radical (unpaired) electrons. The van der Waals surface area contributed by atoms with Crippen molar-refractivity contribution in [2.75, 3.05) is 0 Å². The van der Waals surface area contributed by atoms with Crippen molar-refractivity contribution in [1.29, 1.82) is 0 Å². The van der Waals surface area contributed by atoms with Crippen molar-refractivity contribution in [3.63, 3.8) is 0 Å². The van der Waals surface area contributed by atoms with E-state index >= 15 is 0 Å². The van der Waals surface area contributed by atoms with Gasteiger partial charge in [-0.3, -0.25) is 0 Å². The first-order valence-corrected chi connectivity index (χ1v) is 4.12. The molecule has 0 aromatic heterocycles. The highest BCUT2D eigenvalue weighted by Crippen LogP contribution is 2.44. The highest BCUT2D eigenvalue weighted by atomic mass is 32.1. The van der Waals surface area contributed by atoms with Crippen molar-refractivity contribution >= 4 is 12.6 Å². The second-order valence-electron chi connectivity index (χ2n) is 2.82. The van der Waals surface area contributed by atoms with Gasteiger partial charge in [0.25, 0.3) is 0 Å². The molecule has 1 aliphatic carbocycles. The molecule has 1 aromatic rings. The summed E-state index contributed by atoms with van der Waals surface area (Å²) in [6, 6.07) is 10.6. The van der Waals surface area contributed by atoms with Gasteiger partial charge in [0.05, 0.1) is 0 Å². The van der Waals surface area contributed by atoms with Crippen molar-refractivity contribution in [3.05, 3.63) is 35.9 Å². The molecule has 0 nitrogen and oxygen atoms in total. The van der Waals surface area contributed by atoms with E-state index in [9.17, 15) is 0 Å². The molecule has 0 amide bonds. The van der Waals surface area contributed by atoms with Gasteiger partial charge in [-0.05, 0) is 17.9 Å². The van der Waals surface area contributed by atoms with Crippen LogP contribution in [0.1, 0.15) is 17.9 Å². The third-order valence-corrected chi connectivity index (χ3v) is 2.56. The Hall–Kier alpha value is -0.430. The Labute approximate surface area is 66.7 Å². The molecule has 0 saturated heterocycles. The van der Waals surface area contributed by atoms with Gasteiger partial charge < -0.3 is 0 Å². The molecule has 1 aliphatic rings. The van der Waals surface area contributed by atoms with E-state index in [4.69, 9.17) is 0 Å². The summed E-state index contributed by atoms with van der Waals surface area (Å²) in [6.45, 7) is 0. The topological polar surface area (TPSA) is 0 Å². The molecule has 2 atom stereocenters. The molecule has 1 aromatic carbocycles. The first kappa shape index (κ1) is 6.29. The summed E-state index contributed by atoms with van der Waals surface area (Å²) in [5.74, 6) is 0.740. The van der Waals surface area contributed by atoms with Crippen molar-refractivity contribution in [3.8, 4) is 0 Å². The highest BCUT2D eigenvalue weighted by molar-refractivity contribution is 7.81. The Kier molecular flexibility index (Phi) is 1.46. The molecular formula is C9H10S. The molecule has 1 heteroatoms. The Balaban J connectivity index is 2.20. The maximum atomic E-state index is 4.38. The molecule has 0 N–H and O–H groups in total. The zero-order valence-corrected chi connectivity index (χ0v) is 6.59. The Morgan fingerprint density at radius 1 is 1.20 bits per heavy atom. The van der Waals surface area contributed by atoms with Gasteiger partial charge in [-0.2, -0.15) is 12.6 Å². The van der Waals surface area contributed by atoms with Crippen LogP contribution in [0.4, 0.5) is 0 Å². The fourth-order valence-corrected chi connectivity index (χ4v) is 1.64. The normalized spacial score (nSPS) is 30.1. The van der Waals surface area contributed by atoms with Crippen molar-refractivity contribution in [2.45, 2.75) is 17.6 Å². The van der Waals surface area contributed by atoms with E-state index in [-0.39, 0.29) is 0 Å². The van der Waals surface area contributed by atoms with Crippen LogP contribution in [0.3, 0.4) is 0 Å². The molecule has 10 heavy (non-hydrogen) atoms. The van der Waals surface area contributed by atoms with E-state index in [2.05, 4.69) is 43.0 Å². The predicted octanol–water partition coefficient (Wildman–Crippen LogP) is 2.47. The Morgan fingerprint density at radius 3 is 2.30 bits per heavy atom. The van der Waals surface area contributed by atoms with Crippen LogP contribution in [0.5, 0.6) is 0 Å². The van der Waals surface area contributed by atoms with E-state index in [0.717, 1.165) is 5.92 Å². The van der Waals surface area contributed by atoms with Gasteiger partial charge >= 0.3 is 0 Å². The average molecular weight is 150 g/mol. The van der Waals surface area contributed by atoms with Crippen LogP contribution < -0.4 is 0 Å². The van der Waals surface area contributed by atoms with Crippen LogP contribution in [-0.2, 0) is 0 Å². The number of benzene rings is 1. The molecule has 0 bridgehead atoms. The third kappa shape index (κ3) is 1.06. The summed E-state index contributed by atoms with van der Waals surface area (Å²) in [5.41, 5.74) is 1.45. The second kappa shape index (κ2) is 2.31. The summed E-state index contributed by atoms with van der Waals surface area (Å²) in [6.07, 6.45) is 1.26. The molecule has 52 valence electrons. The summed E-state index contributed by atoms with van der Waals surface area (Å²) in [4.78, 5) is 0. The van der Waals surface area contributed by atoms with Crippen LogP contribution in [0.15, 0.2) is 30.3 Å². The fourth-order valence-electron chi connectivity index (χ4n) is 1.24. The minimum Gasteiger partial charge on any atom is -0.175 e. The van der Waals surface area contributed by atoms with Crippen LogP contribution in [-0.4, -0.2) is 5.25 Å². The van der Waals surface area contributed by atoms with Crippen LogP contribution in [0.25, 0.3) is 0 Å². The van der Waals surface area contributed by atoms with Crippen LogP contribution >= 0.6 is 12.6 Å². The van der Waals surface area contributed by atoms with Gasteiger partial charge in [-0.15, -0.1) is 0 Å². The molecule has 2 unspecified atom stereocenters. The van der Waals surface area contributed by atoms with Crippen LogP contribution in [0, 0.1) is 0 Å². The van der Waals surface area contributed by atoms with E-state index in [0.29, 0.717) is 5.25 Å². The number of rotatable bonds is 1. The zero-order valence-electron chi connectivity index (χ0n) is 5.70. The second-order valence-corrected chi connectivity index (χ2v) is 3.48. The van der Waals surface area contributed by atoms with Gasteiger partial charge in [0.1, 0.15) is 0 Å². The predicted molar refractivity (Wildman–Crippen MR) is 46.6 cm³/mol. The van der Waals surface area contributed by atoms with Gasteiger partial charge in [0.15, 0.2) is 0 Å². The summed E-state index contributed by atoms with van der Waals surface area (Å²) in [7, 11) is 0. The van der Waals surface area contributed by atoms with E-state index in [1.165, 1.54) is 12.0 Å². The molecular weight excluding hydrogens is 140 g/mol. The quantitative estimate of drug-likeness (QED) is 0.584. The lowest BCUT2D eigenvalue weighted by atomic mass is 10.1. The fraction of sp³-hybridized carbons (Fsp3) is 0.333. The Morgan fingerprint density at radius 2 is 1.80 bits per heavy atom. The van der Waals surface area contributed by atoms with Crippen molar-refractivity contribution in [2.24, 2.45) is 0 Å². The smallest absolute Gasteiger partial charge is 0.00921 e. The first-order valence-electron chi connectivity index (χ1n) is 3.61. The molecule has 1 saturated carbocycles. The summed E-state index contributed by atoms with van der Waals surface area (Å²) < 4.78 is 0. The zero-order chi connectivity index (χ0) is 6.97. The van der Waals surface area contributed by atoms with Crippen LogP contribution in [0.2, 0.25) is 0 Å². The third-order valence-electron chi connectivity index (χ3n) is 1.98. The van der Waals surface area contributed by atoms with Gasteiger partial charge in [0.2, 0.25) is 0 Å². The van der Waals surface area contributed by atoms with Gasteiger partial charge in [0, 0.05) is 5.25 Å². The number of hydrogen-bond acceptors (Lipinski definition) is 1. The molecule has 1 fully saturated rings. The standard InChI is InChI=1S/C9H10S/c10-9-6-8(9)7-4-2-1-3-5-7/h1-5,8-10H,6H2. The summed E-state index contributed by atoms with van der Waals surface area (Å²) >= 11 is 4.38. The highest BCUT2D eigenvalue weighted by Gasteiger charge is 2.34.